The topological polar surface area (TPSA) is 3.24 Å². The van der Waals surface area contributed by atoms with E-state index in [4.69, 9.17) is 0 Å². The van der Waals surface area contributed by atoms with Crippen LogP contribution in [0.3, 0.4) is 0 Å². The van der Waals surface area contributed by atoms with Gasteiger partial charge in [-0.15, -0.1) is 0 Å². The van der Waals surface area contributed by atoms with E-state index in [1.807, 2.05) is 0 Å². The summed E-state index contributed by atoms with van der Waals surface area (Å²) in [5.41, 5.74) is 3.05. The lowest BCUT2D eigenvalue weighted by atomic mass is 10.2. The van der Waals surface area contributed by atoms with Gasteiger partial charge in [0, 0.05) is 13.1 Å². The Hall–Kier alpha value is -1.41. The molecule has 1 aliphatic rings. The molecule has 1 aliphatic carbocycles. The van der Waals surface area contributed by atoms with Crippen molar-refractivity contribution in [2.24, 2.45) is 0 Å². The summed E-state index contributed by atoms with van der Waals surface area (Å²) in [5, 5.41) is 0. The van der Waals surface area contributed by atoms with Gasteiger partial charge in [-0.1, -0.05) is 32.4 Å². The molecule has 0 aliphatic heterocycles. The Bertz CT molecular complexity index is 423. The highest BCUT2D eigenvalue weighted by Crippen LogP contribution is 2.28. The van der Waals surface area contributed by atoms with Crippen molar-refractivity contribution >= 4 is 0 Å². The lowest BCUT2D eigenvalue weighted by Crippen LogP contribution is -2.24. The first-order valence-electron chi connectivity index (χ1n) is 7.16. The largest absolute Gasteiger partial charge is 0.416 e. The van der Waals surface area contributed by atoms with Gasteiger partial charge in [0.15, 0.2) is 0 Å². The van der Waals surface area contributed by atoms with Crippen molar-refractivity contribution in [3.8, 4) is 0 Å². The van der Waals surface area contributed by atoms with E-state index >= 15 is 0 Å². The van der Waals surface area contributed by atoms with Crippen molar-refractivity contribution in [1.29, 1.82) is 0 Å². The van der Waals surface area contributed by atoms with Crippen molar-refractivity contribution in [1.82, 2.24) is 4.90 Å². The summed E-state index contributed by atoms with van der Waals surface area (Å²) < 4.78 is 38.0. The highest BCUT2D eigenvalue weighted by molar-refractivity contribution is 5.36. The van der Waals surface area contributed by atoms with Crippen molar-refractivity contribution < 1.29 is 13.2 Å². The lowest BCUT2D eigenvalue weighted by molar-refractivity contribution is -0.0881. The molecule has 112 valence electrons. The van der Waals surface area contributed by atoms with Crippen LogP contribution in [-0.4, -0.2) is 24.2 Å². The summed E-state index contributed by atoms with van der Waals surface area (Å²) >= 11 is 0. The minimum atomic E-state index is -4.30. The van der Waals surface area contributed by atoms with Gasteiger partial charge in [-0.25, -0.2) is 0 Å². The van der Waals surface area contributed by atoms with Gasteiger partial charge in [-0.05, 0) is 37.1 Å². The van der Waals surface area contributed by atoms with Crippen LogP contribution in [0.1, 0.15) is 39.5 Å². The third-order valence-electron chi connectivity index (χ3n) is 3.11. The van der Waals surface area contributed by atoms with Crippen LogP contribution < -0.4 is 0 Å². The van der Waals surface area contributed by atoms with E-state index in [1.165, 1.54) is 12.2 Å². The Morgan fingerprint density at radius 3 is 2.40 bits per heavy atom. The van der Waals surface area contributed by atoms with Gasteiger partial charge < -0.3 is 4.90 Å². The lowest BCUT2D eigenvalue weighted by Gasteiger charge is -2.23. The van der Waals surface area contributed by atoms with Gasteiger partial charge in [-0.2, -0.15) is 13.2 Å². The molecule has 0 aromatic heterocycles. The van der Waals surface area contributed by atoms with Gasteiger partial charge >= 0.3 is 6.18 Å². The SMILES string of the molecule is CCCCCN(CCC)C1=C=CC=C(C(F)(F)F)C=C1. The number of allylic oxidation sites excluding steroid dienone is 4. The van der Waals surface area contributed by atoms with Crippen LogP contribution in [0.15, 0.2) is 41.3 Å². The minimum Gasteiger partial charge on any atom is -0.365 e. The van der Waals surface area contributed by atoms with Crippen LogP contribution in [0.2, 0.25) is 0 Å². The Morgan fingerprint density at radius 2 is 1.80 bits per heavy atom. The average molecular weight is 285 g/mol. The molecule has 0 unspecified atom stereocenters. The second-order valence-corrected chi connectivity index (χ2v) is 4.84. The Kier molecular flexibility index (Phi) is 6.66. The summed E-state index contributed by atoms with van der Waals surface area (Å²) in [6.45, 7) is 5.90. The molecule has 0 bridgehead atoms. The highest BCUT2D eigenvalue weighted by atomic mass is 19.4. The minimum absolute atomic E-state index is 0.634. The normalized spacial score (nSPS) is 14.8. The standard InChI is InChI=1S/C16H22F3N/c1-3-5-6-13-20(12-4-2)15-9-7-8-14(10-11-15)16(17,18)19/h7-8,10-11H,3-6,12-13H2,1-2H3. The average Bonchev–Trinajstić information content (AvgIpc) is 2.63. The molecule has 20 heavy (non-hydrogen) atoms. The summed E-state index contributed by atoms with van der Waals surface area (Å²) in [5.74, 6) is 0. The fraction of sp³-hybridized carbons (Fsp3) is 0.562. The first-order chi connectivity index (χ1) is 9.49. The predicted molar refractivity (Wildman–Crippen MR) is 76.3 cm³/mol. The van der Waals surface area contributed by atoms with Crippen molar-refractivity contribution in [3.63, 3.8) is 0 Å². The number of rotatable bonds is 7. The molecule has 0 atom stereocenters. The zero-order chi connectivity index (χ0) is 15.0. The Labute approximate surface area is 119 Å². The van der Waals surface area contributed by atoms with E-state index in [-0.39, 0.29) is 0 Å². The van der Waals surface area contributed by atoms with Crippen LogP contribution in [0.4, 0.5) is 13.2 Å². The molecule has 4 heteroatoms. The summed E-state index contributed by atoms with van der Waals surface area (Å²) in [6.07, 6.45) is 5.05. The number of nitrogens with zero attached hydrogens (tertiary/aromatic N) is 1. The molecule has 0 N–H and O–H groups in total. The maximum absolute atomic E-state index is 12.7. The molecule has 0 saturated carbocycles. The van der Waals surface area contributed by atoms with Gasteiger partial charge in [-0.3, -0.25) is 0 Å². The van der Waals surface area contributed by atoms with Crippen LogP contribution in [0.25, 0.3) is 0 Å². The van der Waals surface area contributed by atoms with E-state index in [0.29, 0.717) is 0 Å². The molecule has 0 fully saturated rings. The molecule has 0 spiro atoms. The van der Waals surface area contributed by atoms with Crippen molar-refractivity contribution in [3.05, 3.63) is 41.3 Å². The van der Waals surface area contributed by atoms with Crippen molar-refractivity contribution in [2.75, 3.05) is 13.1 Å². The highest BCUT2D eigenvalue weighted by Gasteiger charge is 2.31. The van der Waals surface area contributed by atoms with Gasteiger partial charge in [0.05, 0.1) is 11.3 Å². The molecule has 0 saturated heterocycles. The molecule has 0 amide bonds. The van der Waals surface area contributed by atoms with Gasteiger partial charge in [0.2, 0.25) is 0 Å². The third kappa shape index (κ3) is 5.30. The van der Waals surface area contributed by atoms with Crippen molar-refractivity contribution in [2.45, 2.75) is 45.7 Å². The molecule has 0 radical (unpaired) electrons. The quantitative estimate of drug-likeness (QED) is 0.470. The summed E-state index contributed by atoms with van der Waals surface area (Å²) in [7, 11) is 0. The molecule has 1 rings (SSSR count). The number of hydrogen-bond acceptors (Lipinski definition) is 1. The predicted octanol–water partition coefficient (Wildman–Crippen LogP) is 4.99. The molecule has 1 nitrogen and oxygen atoms in total. The number of alkyl halides is 3. The van der Waals surface area contributed by atoms with E-state index < -0.39 is 11.7 Å². The molecular formula is C16H22F3N. The Morgan fingerprint density at radius 1 is 1.05 bits per heavy atom. The summed E-state index contributed by atoms with van der Waals surface area (Å²) in [4.78, 5) is 2.11. The smallest absolute Gasteiger partial charge is 0.365 e. The fourth-order valence-electron chi connectivity index (χ4n) is 2.05. The number of unbranched alkanes of at least 4 members (excludes halogenated alkanes) is 2. The van der Waals surface area contributed by atoms with E-state index in [1.54, 1.807) is 0 Å². The van der Waals surface area contributed by atoms with Crippen LogP contribution in [-0.2, 0) is 0 Å². The van der Waals surface area contributed by atoms with Gasteiger partial charge in [0.1, 0.15) is 0 Å². The zero-order valence-electron chi connectivity index (χ0n) is 12.1. The van der Waals surface area contributed by atoms with Crippen LogP contribution in [0.5, 0.6) is 0 Å². The molecule has 0 heterocycles. The third-order valence-corrected chi connectivity index (χ3v) is 3.11. The fourth-order valence-corrected chi connectivity index (χ4v) is 2.05. The monoisotopic (exact) mass is 285 g/mol. The molecule has 0 aromatic carbocycles. The van der Waals surface area contributed by atoms with Crippen LogP contribution in [0, 0.1) is 0 Å². The first-order valence-corrected chi connectivity index (χ1v) is 7.16. The number of hydrogen-bond donors (Lipinski definition) is 0. The second-order valence-electron chi connectivity index (χ2n) is 4.84. The Balaban J connectivity index is 2.77. The first kappa shape index (κ1) is 16.6. The maximum Gasteiger partial charge on any atom is 0.416 e. The molecule has 0 aromatic rings. The van der Waals surface area contributed by atoms with Gasteiger partial charge in [0.25, 0.3) is 0 Å². The van der Waals surface area contributed by atoms with Crippen LogP contribution >= 0.6 is 0 Å². The van der Waals surface area contributed by atoms with E-state index in [2.05, 4.69) is 24.5 Å². The second kappa shape index (κ2) is 8.01. The maximum atomic E-state index is 12.7. The van der Waals surface area contributed by atoms with E-state index in [9.17, 15) is 13.2 Å². The molecular weight excluding hydrogens is 263 g/mol. The zero-order valence-corrected chi connectivity index (χ0v) is 12.1. The summed E-state index contributed by atoms with van der Waals surface area (Å²) in [6, 6.07) is 0. The number of halogens is 3. The van der Waals surface area contributed by atoms with E-state index in [0.717, 1.165) is 56.6 Å².